The van der Waals surface area contributed by atoms with Gasteiger partial charge in [0.2, 0.25) is 0 Å². The second-order valence-corrected chi connectivity index (χ2v) is 7.18. The first kappa shape index (κ1) is 17.1. The highest BCUT2D eigenvalue weighted by Gasteiger charge is 2.33. The van der Waals surface area contributed by atoms with Crippen molar-refractivity contribution < 1.29 is 4.79 Å². The molecule has 2 heterocycles. The van der Waals surface area contributed by atoms with E-state index in [0.29, 0.717) is 17.5 Å². The smallest absolute Gasteiger partial charge is 0.255 e. The van der Waals surface area contributed by atoms with E-state index in [1.54, 1.807) is 0 Å². The second-order valence-electron chi connectivity index (χ2n) is 6.74. The Morgan fingerprint density at radius 2 is 2.08 bits per heavy atom. The number of hydrogen-bond donors (Lipinski definition) is 1. The molecule has 0 spiro atoms. The first-order valence-corrected chi connectivity index (χ1v) is 8.76. The monoisotopic (exact) mass is 345 g/mol. The molecule has 1 amide bonds. The quantitative estimate of drug-likeness (QED) is 0.924. The Morgan fingerprint density at radius 1 is 1.33 bits per heavy atom. The van der Waals surface area contributed by atoms with Crippen molar-refractivity contribution in [3.05, 3.63) is 52.3 Å². The number of hydrogen-bond acceptors (Lipinski definition) is 2. The fourth-order valence-corrected chi connectivity index (χ4v) is 3.93. The minimum Gasteiger partial charge on any atom is -0.336 e. The molecule has 0 saturated carbocycles. The summed E-state index contributed by atoms with van der Waals surface area (Å²) in [5, 5.41) is 0.687. The number of aryl methyl sites for hydroxylation is 1. The highest BCUT2D eigenvalue weighted by Crippen LogP contribution is 2.28. The van der Waals surface area contributed by atoms with E-state index in [-0.39, 0.29) is 11.9 Å². The van der Waals surface area contributed by atoms with Crippen LogP contribution in [0.3, 0.4) is 0 Å². The maximum absolute atomic E-state index is 13.0. The van der Waals surface area contributed by atoms with Crippen LogP contribution in [0, 0.1) is 19.8 Å². The van der Waals surface area contributed by atoms with Gasteiger partial charge in [-0.05, 0) is 63.9 Å². The predicted molar refractivity (Wildman–Crippen MR) is 97.9 cm³/mol. The molecule has 128 valence electrons. The van der Waals surface area contributed by atoms with Gasteiger partial charge < -0.3 is 15.2 Å². The third kappa shape index (κ3) is 2.96. The molecule has 1 saturated heterocycles. The van der Waals surface area contributed by atoms with Gasteiger partial charge in [0.1, 0.15) is 0 Å². The maximum atomic E-state index is 13.0. The van der Waals surface area contributed by atoms with Gasteiger partial charge in [-0.3, -0.25) is 4.79 Å². The van der Waals surface area contributed by atoms with Gasteiger partial charge in [-0.15, -0.1) is 0 Å². The molecule has 1 aliphatic heterocycles. The first-order valence-electron chi connectivity index (χ1n) is 8.38. The minimum absolute atomic E-state index is 0.0971. The fraction of sp³-hybridized carbons (Fsp3) is 0.421. The molecule has 0 bridgehead atoms. The van der Waals surface area contributed by atoms with E-state index in [9.17, 15) is 4.79 Å². The summed E-state index contributed by atoms with van der Waals surface area (Å²) < 4.78 is 2.08. The summed E-state index contributed by atoms with van der Waals surface area (Å²) in [7, 11) is 0. The molecular formula is C19H24ClN3O. The lowest BCUT2D eigenvalue weighted by molar-refractivity contribution is 0.0742. The fourth-order valence-electron chi connectivity index (χ4n) is 3.74. The lowest BCUT2D eigenvalue weighted by atomic mass is 10.1. The number of amides is 1. The van der Waals surface area contributed by atoms with Crippen molar-refractivity contribution in [3.63, 3.8) is 0 Å². The van der Waals surface area contributed by atoms with Crippen LogP contribution in [0.15, 0.2) is 30.3 Å². The molecule has 3 rings (SSSR count). The molecule has 1 aliphatic rings. The zero-order valence-electron chi connectivity index (χ0n) is 14.4. The highest BCUT2D eigenvalue weighted by molar-refractivity contribution is 6.30. The third-order valence-corrected chi connectivity index (χ3v) is 5.22. The molecule has 5 heteroatoms. The van der Waals surface area contributed by atoms with Crippen molar-refractivity contribution in [1.29, 1.82) is 0 Å². The van der Waals surface area contributed by atoms with E-state index in [0.717, 1.165) is 35.6 Å². The Balaban J connectivity index is 1.96. The van der Waals surface area contributed by atoms with Crippen molar-refractivity contribution in [2.24, 2.45) is 11.7 Å². The van der Waals surface area contributed by atoms with Gasteiger partial charge in [-0.2, -0.15) is 0 Å². The normalized spacial score (nSPS) is 20.6. The number of nitrogens with zero attached hydrogens (tertiary/aromatic N) is 2. The van der Waals surface area contributed by atoms with Crippen molar-refractivity contribution >= 4 is 17.5 Å². The molecule has 1 aromatic heterocycles. The molecule has 4 nitrogen and oxygen atoms in total. The standard InChI is InChI=1S/C19H24ClN3O/c1-12-7-15(10-21)11-22(12)19(24)18-8-13(2)23(14(18)3)17-6-4-5-16(20)9-17/h4-6,8-9,12,15H,7,10-11,21H2,1-3H3. The van der Waals surface area contributed by atoms with Crippen LogP contribution in [0.4, 0.5) is 0 Å². The van der Waals surface area contributed by atoms with Crippen LogP contribution >= 0.6 is 11.6 Å². The Labute approximate surface area is 148 Å². The topological polar surface area (TPSA) is 51.3 Å². The van der Waals surface area contributed by atoms with Crippen molar-refractivity contribution in [3.8, 4) is 5.69 Å². The number of carbonyl (C=O) groups excluding carboxylic acids is 1. The Kier molecular flexibility index (Phi) is 4.70. The zero-order chi connectivity index (χ0) is 17.4. The number of halogens is 1. The summed E-state index contributed by atoms with van der Waals surface area (Å²) in [5.74, 6) is 0.500. The van der Waals surface area contributed by atoms with Crippen LogP contribution in [-0.2, 0) is 0 Å². The van der Waals surface area contributed by atoms with Crippen molar-refractivity contribution in [2.45, 2.75) is 33.2 Å². The van der Waals surface area contributed by atoms with Gasteiger partial charge in [0.25, 0.3) is 5.91 Å². The lowest BCUT2D eigenvalue weighted by Crippen LogP contribution is -2.34. The lowest BCUT2D eigenvalue weighted by Gasteiger charge is -2.21. The Morgan fingerprint density at radius 3 is 2.71 bits per heavy atom. The van der Waals surface area contributed by atoms with Gasteiger partial charge in [0.05, 0.1) is 5.56 Å². The van der Waals surface area contributed by atoms with Gasteiger partial charge in [0, 0.05) is 34.7 Å². The molecule has 2 atom stereocenters. The van der Waals surface area contributed by atoms with Gasteiger partial charge >= 0.3 is 0 Å². The number of rotatable bonds is 3. The molecule has 0 aliphatic carbocycles. The molecule has 2 unspecified atom stereocenters. The summed E-state index contributed by atoms with van der Waals surface area (Å²) in [6.45, 7) is 7.49. The number of benzene rings is 1. The Bertz CT molecular complexity index is 768. The van der Waals surface area contributed by atoms with Crippen LogP contribution in [0.2, 0.25) is 5.02 Å². The summed E-state index contributed by atoms with van der Waals surface area (Å²) >= 11 is 6.12. The zero-order valence-corrected chi connectivity index (χ0v) is 15.2. The van der Waals surface area contributed by atoms with Gasteiger partial charge in [-0.1, -0.05) is 17.7 Å². The van der Waals surface area contributed by atoms with Crippen molar-refractivity contribution in [1.82, 2.24) is 9.47 Å². The summed E-state index contributed by atoms with van der Waals surface area (Å²) in [6, 6.07) is 9.90. The van der Waals surface area contributed by atoms with Gasteiger partial charge in [0.15, 0.2) is 0 Å². The molecule has 0 radical (unpaired) electrons. The molecule has 24 heavy (non-hydrogen) atoms. The molecule has 2 aromatic rings. The summed E-state index contributed by atoms with van der Waals surface area (Å²) in [5.41, 5.74) is 9.51. The van der Waals surface area contributed by atoms with E-state index in [2.05, 4.69) is 11.5 Å². The number of carbonyl (C=O) groups is 1. The van der Waals surface area contributed by atoms with Crippen LogP contribution in [0.25, 0.3) is 5.69 Å². The molecule has 1 aromatic carbocycles. The van der Waals surface area contributed by atoms with Crippen molar-refractivity contribution in [2.75, 3.05) is 13.1 Å². The molecule has 2 N–H and O–H groups in total. The van der Waals surface area contributed by atoms with Crippen LogP contribution in [0.5, 0.6) is 0 Å². The van der Waals surface area contributed by atoms with E-state index in [4.69, 9.17) is 17.3 Å². The minimum atomic E-state index is 0.0971. The largest absolute Gasteiger partial charge is 0.336 e. The number of nitrogens with two attached hydrogens (primary N) is 1. The summed E-state index contributed by atoms with van der Waals surface area (Å²) in [6.07, 6.45) is 0.981. The molecule has 1 fully saturated rings. The third-order valence-electron chi connectivity index (χ3n) is 4.98. The summed E-state index contributed by atoms with van der Waals surface area (Å²) in [4.78, 5) is 15.0. The van der Waals surface area contributed by atoms with E-state index in [1.807, 2.05) is 49.1 Å². The SMILES string of the molecule is Cc1cc(C(=O)N2CC(CN)CC2C)c(C)n1-c1cccc(Cl)c1. The number of likely N-dealkylation sites (tertiary alicyclic amines) is 1. The highest BCUT2D eigenvalue weighted by atomic mass is 35.5. The van der Waals surface area contributed by atoms with Crippen LogP contribution in [0.1, 0.15) is 35.1 Å². The molecular weight excluding hydrogens is 322 g/mol. The Hall–Kier alpha value is -1.78. The second kappa shape index (κ2) is 6.61. The van der Waals surface area contributed by atoms with Crippen LogP contribution in [-0.4, -0.2) is 34.5 Å². The van der Waals surface area contributed by atoms with E-state index >= 15 is 0 Å². The van der Waals surface area contributed by atoms with E-state index in [1.165, 1.54) is 0 Å². The average Bonchev–Trinajstić information content (AvgIpc) is 3.06. The number of aromatic nitrogens is 1. The maximum Gasteiger partial charge on any atom is 0.255 e. The first-order chi connectivity index (χ1) is 11.4. The van der Waals surface area contributed by atoms with Crippen LogP contribution < -0.4 is 5.73 Å². The predicted octanol–water partition coefficient (Wildman–Crippen LogP) is 3.56. The average molecular weight is 346 g/mol. The van der Waals surface area contributed by atoms with Gasteiger partial charge in [-0.25, -0.2) is 0 Å². The van der Waals surface area contributed by atoms with E-state index < -0.39 is 0 Å².